The van der Waals surface area contributed by atoms with Crippen molar-refractivity contribution in [1.82, 2.24) is 20.2 Å². The van der Waals surface area contributed by atoms with E-state index < -0.39 is 0 Å². The average Bonchev–Trinajstić information content (AvgIpc) is 3.17. The second-order valence-electron chi connectivity index (χ2n) is 6.99. The van der Waals surface area contributed by atoms with Gasteiger partial charge in [-0.25, -0.2) is 4.98 Å². The molecule has 0 saturated carbocycles. The van der Waals surface area contributed by atoms with Crippen molar-refractivity contribution in [3.05, 3.63) is 53.6 Å². The van der Waals surface area contributed by atoms with Crippen molar-refractivity contribution in [2.24, 2.45) is 7.05 Å². The summed E-state index contributed by atoms with van der Waals surface area (Å²) >= 11 is 0. The highest BCUT2D eigenvalue weighted by atomic mass is 35.5. The van der Waals surface area contributed by atoms with Gasteiger partial charge in [0.1, 0.15) is 5.69 Å². The van der Waals surface area contributed by atoms with Crippen LogP contribution >= 0.6 is 24.8 Å². The Balaban J connectivity index is 0.00000131. The van der Waals surface area contributed by atoms with Crippen molar-refractivity contribution in [3.8, 4) is 0 Å². The topological polar surface area (TPSA) is 68.2 Å². The van der Waals surface area contributed by atoms with Crippen LogP contribution in [0.3, 0.4) is 0 Å². The third-order valence-corrected chi connectivity index (χ3v) is 5.77. The molecule has 1 amide bonds. The molecule has 4 rings (SSSR count). The van der Waals surface area contributed by atoms with E-state index in [1.54, 1.807) is 24.2 Å². The van der Waals surface area contributed by atoms with E-state index in [4.69, 9.17) is 4.74 Å². The van der Waals surface area contributed by atoms with Gasteiger partial charge in [0.15, 0.2) is 0 Å². The number of benzene rings is 1. The fourth-order valence-electron chi connectivity index (χ4n) is 4.59. The Morgan fingerprint density at radius 3 is 2.63 bits per heavy atom. The van der Waals surface area contributed by atoms with E-state index in [9.17, 15) is 4.79 Å². The van der Waals surface area contributed by atoms with Gasteiger partial charge in [0.2, 0.25) is 0 Å². The third kappa shape index (κ3) is 3.47. The second-order valence-corrected chi connectivity index (χ2v) is 6.99. The highest BCUT2D eigenvalue weighted by Crippen LogP contribution is 2.51. The van der Waals surface area contributed by atoms with E-state index in [0.29, 0.717) is 5.69 Å². The van der Waals surface area contributed by atoms with Crippen molar-refractivity contribution in [3.63, 3.8) is 0 Å². The van der Waals surface area contributed by atoms with Gasteiger partial charge in [-0.2, -0.15) is 0 Å². The quantitative estimate of drug-likeness (QED) is 0.811. The molecule has 6 nitrogen and oxygen atoms in total. The molecule has 1 aromatic carbocycles. The van der Waals surface area contributed by atoms with Gasteiger partial charge < -0.3 is 19.9 Å². The minimum Gasteiger partial charge on any atom is -0.378 e. The van der Waals surface area contributed by atoms with Crippen LogP contribution in [0.15, 0.2) is 36.8 Å². The molecule has 1 aliphatic carbocycles. The minimum atomic E-state index is -0.151. The molecule has 0 bridgehead atoms. The summed E-state index contributed by atoms with van der Waals surface area (Å²) in [6, 6.07) is 8.28. The average molecular weight is 413 g/mol. The van der Waals surface area contributed by atoms with Crippen molar-refractivity contribution in [2.45, 2.75) is 30.4 Å². The van der Waals surface area contributed by atoms with Gasteiger partial charge in [0, 0.05) is 19.6 Å². The first kappa shape index (κ1) is 21.7. The molecule has 148 valence electrons. The molecule has 1 saturated heterocycles. The summed E-state index contributed by atoms with van der Waals surface area (Å²) in [5.41, 5.74) is 3.00. The maximum atomic E-state index is 12.8. The third-order valence-electron chi connectivity index (χ3n) is 5.77. The monoisotopic (exact) mass is 412 g/mol. The lowest BCUT2D eigenvalue weighted by atomic mass is 9.72. The number of nitrogens with zero attached hydrogens (tertiary/aromatic N) is 2. The molecule has 27 heavy (non-hydrogen) atoms. The van der Waals surface area contributed by atoms with E-state index in [2.05, 4.69) is 33.8 Å². The Morgan fingerprint density at radius 2 is 2.00 bits per heavy atom. The van der Waals surface area contributed by atoms with Crippen LogP contribution in [-0.4, -0.2) is 41.8 Å². The Labute approximate surface area is 171 Å². The largest absolute Gasteiger partial charge is 0.378 e. The van der Waals surface area contributed by atoms with Crippen LogP contribution in [-0.2, 0) is 17.2 Å². The van der Waals surface area contributed by atoms with Gasteiger partial charge in [-0.05, 0) is 37.1 Å². The summed E-state index contributed by atoms with van der Waals surface area (Å²) < 4.78 is 7.72. The van der Waals surface area contributed by atoms with E-state index in [-0.39, 0.29) is 48.3 Å². The van der Waals surface area contributed by atoms with E-state index in [1.165, 1.54) is 11.1 Å². The molecule has 1 spiro atoms. The summed E-state index contributed by atoms with van der Waals surface area (Å²) in [4.78, 5) is 16.8. The number of imidazole rings is 1. The predicted molar refractivity (Wildman–Crippen MR) is 109 cm³/mol. The van der Waals surface area contributed by atoms with E-state index in [0.717, 1.165) is 25.9 Å². The molecule has 2 atom stereocenters. The summed E-state index contributed by atoms with van der Waals surface area (Å²) in [5.74, 6) is -0.118. The number of halogens is 2. The molecule has 0 unspecified atom stereocenters. The van der Waals surface area contributed by atoms with Crippen LogP contribution in [0, 0.1) is 0 Å². The van der Waals surface area contributed by atoms with Gasteiger partial charge in [0.25, 0.3) is 5.91 Å². The fourth-order valence-corrected chi connectivity index (χ4v) is 4.59. The lowest BCUT2D eigenvalue weighted by molar-refractivity contribution is 0.00389. The summed E-state index contributed by atoms with van der Waals surface area (Å²) in [6.07, 6.45) is 5.20. The van der Waals surface area contributed by atoms with Crippen LogP contribution in [0.25, 0.3) is 0 Å². The summed E-state index contributed by atoms with van der Waals surface area (Å²) in [7, 11) is 3.58. The van der Waals surface area contributed by atoms with Gasteiger partial charge in [0.05, 0.1) is 24.7 Å². The molecular weight excluding hydrogens is 387 g/mol. The van der Waals surface area contributed by atoms with Gasteiger partial charge in [-0.15, -0.1) is 24.8 Å². The minimum absolute atomic E-state index is 0. The lowest BCUT2D eigenvalue weighted by Gasteiger charge is -2.40. The van der Waals surface area contributed by atoms with Crippen molar-refractivity contribution in [2.75, 3.05) is 20.2 Å². The SMILES string of the molecule is CO[C@H]1[C@H](NC(=O)c2cncn2C)c2ccccc2C12CCNCC2.Cl.Cl. The molecule has 2 N–H and O–H groups in total. The Morgan fingerprint density at radius 1 is 1.30 bits per heavy atom. The van der Waals surface area contributed by atoms with Crippen LogP contribution in [0.5, 0.6) is 0 Å². The smallest absolute Gasteiger partial charge is 0.270 e. The number of ether oxygens (including phenoxy) is 1. The first-order chi connectivity index (χ1) is 12.2. The van der Waals surface area contributed by atoms with E-state index >= 15 is 0 Å². The van der Waals surface area contributed by atoms with Crippen molar-refractivity contribution < 1.29 is 9.53 Å². The molecule has 0 radical (unpaired) electrons. The first-order valence-electron chi connectivity index (χ1n) is 8.77. The molecule has 1 fully saturated rings. The van der Waals surface area contributed by atoms with Crippen LogP contribution in [0.2, 0.25) is 0 Å². The Hall–Kier alpha value is -1.60. The standard InChI is InChI=1S/C19H24N4O2.2ClH/c1-23-12-21-11-15(23)18(24)22-16-13-5-3-4-6-14(13)19(17(16)25-2)7-9-20-10-8-19;;/h3-6,11-12,16-17,20H,7-10H2,1-2H3,(H,22,24);2*1H/t16-,17+;;/m1../s1. The molecule has 1 aliphatic heterocycles. The summed E-state index contributed by atoms with van der Waals surface area (Å²) in [5, 5.41) is 6.65. The van der Waals surface area contributed by atoms with Gasteiger partial charge in [-0.1, -0.05) is 24.3 Å². The number of piperidine rings is 1. The maximum absolute atomic E-state index is 12.8. The maximum Gasteiger partial charge on any atom is 0.270 e. The normalized spacial score (nSPS) is 22.4. The molecular formula is C19H26Cl2N4O2. The van der Waals surface area contributed by atoms with Crippen LogP contribution in [0.4, 0.5) is 0 Å². The Kier molecular flexibility index (Phi) is 6.92. The second kappa shape index (κ2) is 8.61. The number of carbonyl (C=O) groups is 1. The molecule has 8 heteroatoms. The zero-order chi connectivity index (χ0) is 17.4. The number of fused-ring (bicyclic) bond motifs is 2. The lowest BCUT2D eigenvalue weighted by Crippen LogP contribution is -2.49. The number of rotatable bonds is 3. The van der Waals surface area contributed by atoms with Gasteiger partial charge in [-0.3, -0.25) is 4.79 Å². The number of aryl methyl sites for hydroxylation is 1. The van der Waals surface area contributed by atoms with Crippen LogP contribution < -0.4 is 10.6 Å². The number of aromatic nitrogens is 2. The number of nitrogens with one attached hydrogen (secondary N) is 2. The van der Waals surface area contributed by atoms with Crippen LogP contribution in [0.1, 0.15) is 40.5 Å². The number of hydrogen-bond donors (Lipinski definition) is 2. The Bertz CT molecular complexity index is 790. The zero-order valence-corrected chi connectivity index (χ0v) is 17.1. The predicted octanol–water partition coefficient (Wildman–Crippen LogP) is 2.38. The molecule has 2 aromatic rings. The number of amides is 1. The number of hydrogen-bond acceptors (Lipinski definition) is 4. The summed E-state index contributed by atoms with van der Waals surface area (Å²) in [6.45, 7) is 1.94. The molecule has 2 heterocycles. The highest BCUT2D eigenvalue weighted by Gasteiger charge is 2.53. The highest BCUT2D eigenvalue weighted by molar-refractivity contribution is 5.92. The fraction of sp³-hybridized carbons (Fsp3) is 0.474. The van der Waals surface area contributed by atoms with Crippen molar-refractivity contribution in [1.29, 1.82) is 0 Å². The first-order valence-corrected chi connectivity index (χ1v) is 8.77. The van der Waals surface area contributed by atoms with E-state index in [1.807, 2.05) is 13.1 Å². The molecule has 1 aromatic heterocycles. The number of carbonyl (C=O) groups excluding carboxylic acids is 1. The molecule has 2 aliphatic rings. The van der Waals surface area contributed by atoms with Crippen molar-refractivity contribution >= 4 is 30.7 Å². The zero-order valence-electron chi connectivity index (χ0n) is 15.5. The number of methoxy groups -OCH3 is 1. The van der Waals surface area contributed by atoms with Gasteiger partial charge >= 0.3 is 0 Å².